The molecular formula is C17H19N5O4. The Morgan fingerprint density at radius 2 is 1.88 bits per heavy atom. The zero-order valence-electron chi connectivity index (χ0n) is 15.2. The van der Waals surface area contributed by atoms with Crippen molar-refractivity contribution in [2.75, 3.05) is 12.4 Å². The first-order valence-electron chi connectivity index (χ1n) is 7.92. The van der Waals surface area contributed by atoms with Gasteiger partial charge < -0.3 is 9.47 Å². The molecule has 136 valence electrons. The Kier molecular flexibility index (Phi) is 4.23. The number of hydrogen-bond acceptors (Lipinski definition) is 7. The Balaban J connectivity index is 2.14. The van der Waals surface area contributed by atoms with Crippen LogP contribution in [0.1, 0.15) is 37.1 Å². The van der Waals surface area contributed by atoms with E-state index < -0.39 is 17.7 Å². The molecule has 9 heteroatoms. The minimum absolute atomic E-state index is 0.157. The van der Waals surface area contributed by atoms with Crippen LogP contribution in [0.25, 0.3) is 16.6 Å². The van der Waals surface area contributed by atoms with Crippen molar-refractivity contribution in [1.29, 1.82) is 0 Å². The molecule has 0 aliphatic rings. The van der Waals surface area contributed by atoms with E-state index in [2.05, 4.69) is 20.3 Å². The van der Waals surface area contributed by atoms with Crippen LogP contribution >= 0.6 is 0 Å². The van der Waals surface area contributed by atoms with Crippen molar-refractivity contribution in [3.63, 3.8) is 0 Å². The Morgan fingerprint density at radius 1 is 1.15 bits per heavy atom. The molecule has 0 aliphatic heterocycles. The number of carbonyl (C=O) groups excluding carboxylic acids is 2. The quantitative estimate of drug-likeness (QED) is 0.703. The van der Waals surface area contributed by atoms with Crippen molar-refractivity contribution in [2.24, 2.45) is 0 Å². The average Bonchev–Trinajstić information content (AvgIpc) is 2.94. The van der Waals surface area contributed by atoms with E-state index in [0.29, 0.717) is 28.2 Å². The van der Waals surface area contributed by atoms with Gasteiger partial charge in [0.1, 0.15) is 22.5 Å². The standard InChI is InChI=1S/C17H19N5O4/c1-9-18-8-13-14(21-16(24)26-17(2,3)4)20-11-7-19-10(15(23)25-5)6-12(11)22(9)13/h6-8H,1-5H3,(H,20,21,24). The second-order valence-electron chi connectivity index (χ2n) is 6.66. The number of amides is 1. The average molecular weight is 357 g/mol. The lowest BCUT2D eigenvalue weighted by atomic mass is 10.2. The summed E-state index contributed by atoms with van der Waals surface area (Å²) in [6.45, 7) is 7.13. The molecule has 3 aromatic rings. The van der Waals surface area contributed by atoms with E-state index in [4.69, 9.17) is 9.47 Å². The van der Waals surface area contributed by atoms with Gasteiger partial charge in [0, 0.05) is 0 Å². The summed E-state index contributed by atoms with van der Waals surface area (Å²) in [5, 5.41) is 2.64. The maximum atomic E-state index is 12.1. The summed E-state index contributed by atoms with van der Waals surface area (Å²) in [5.74, 6) is 0.412. The van der Waals surface area contributed by atoms with Crippen LogP contribution in [0.5, 0.6) is 0 Å². The first-order chi connectivity index (χ1) is 12.2. The van der Waals surface area contributed by atoms with E-state index in [9.17, 15) is 9.59 Å². The summed E-state index contributed by atoms with van der Waals surface area (Å²) in [6, 6.07) is 1.58. The second-order valence-corrected chi connectivity index (χ2v) is 6.66. The molecule has 3 aromatic heterocycles. The number of methoxy groups -OCH3 is 1. The van der Waals surface area contributed by atoms with Gasteiger partial charge in [0.25, 0.3) is 0 Å². The molecule has 0 radical (unpaired) electrons. The summed E-state index contributed by atoms with van der Waals surface area (Å²) in [7, 11) is 1.29. The molecule has 3 heterocycles. The smallest absolute Gasteiger partial charge is 0.413 e. The number of pyridine rings is 1. The molecular weight excluding hydrogens is 338 g/mol. The lowest BCUT2D eigenvalue weighted by molar-refractivity contribution is 0.0592. The van der Waals surface area contributed by atoms with Crippen molar-refractivity contribution in [3.8, 4) is 0 Å². The molecule has 1 N–H and O–H groups in total. The normalized spacial score (nSPS) is 11.6. The lowest BCUT2D eigenvalue weighted by Crippen LogP contribution is -2.27. The maximum Gasteiger partial charge on any atom is 0.413 e. The van der Waals surface area contributed by atoms with Crippen molar-refractivity contribution in [3.05, 3.63) is 30.0 Å². The van der Waals surface area contributed by atoms with Crippen molar-refractivity contribution < 1.29 is 19.1 Å². The molecule has 0 saturated heterocycles. The highest BCUT2D eigenvalue weighted by atomic mass is 16.6. The number of rotatable bonds is 2. The van der Waals surface area contributed by atoms with E-state index in [-0.39, 0.29) is 5.69 Å². The van der Waals surface area contributed by atoms with Crippen molar-refractivity contribution >= 4 is 34.4 Å². The van der Waals surface area contributed by atoms with Crippen LogP contribution in [0.3, 0.4) is 0 Å². The number of imidazole rings is 1. The molecule has 9 nitrogen and oxygen atoms in total. The van der Waals surface area contributed by atoms with Crippen LogP contribution in [0, 0.1) is 6.92 Å². The van der Waals surface area contributed by atoms with Gasteiger partial charge in [-0.1, -0.05) is 0 Å². The summed E-state index contributed by atoms with van der Waals surface area (Å²) in [6.07, 6.45) is 2.41. The van der Waals surface area contributed by atoms with Crippen LogP contribution in [-0.2, 0) is 9.47 Å². The van der Waals surface area contributed by atoms with Gasteiger partial charge in [-0.25, -0.2) is 24.5 Å². The third-order valence-corrected chi connectivity index (χ3v) is 3.53. The molecule has 0 saturated carbocycles. The molecule has 0 aromatic carbocycles. The Morgan fingerprint density at radius 3 is 2.54 bits per heavy atom. The van der Waals surface area contributed by atoms with Crippen molar-refractivity contribution in [2.45, 2.75) is 33.3 Å². The van der Waals surface area contributed by atoms with Crippen molar-refractivity contribution in [1.82, 2.24) is 19.4 Å². The summed E-state index contributed by atoms with van der Waals surface area (Å²) in [4.78, 5) is 36.6. The first kappa shape index (κ1) is 17.6. The SMILES string of the molecule is COC(=O)c1cc2c(cn1)nc(NC(=O)OC(C)(C)C)c1cnc(C)n12. The van der Waals surface area contributed by atoms with Gasteiger partial charge in [0.05, 0.1) is 25.0 Å². The Labute approximate surface area is 149 Å². The number of nitrogens with one attached hydrogen (secondary N) is 1. The second kappa shape index (κ2) is 6.25. The fourth-order valence-corrected chi connectivity index (χ4v) is 2.50. The number of carbonyl (C=O) groups is 2. The number of aromatic nitrogens is 4. The van der Waals surface area contributed by atoms with Crippen LogP contribution < -0.4 is 5.32 Å². The highest BCUT2D eigenvalue weighted by molar-refractivity contribution is 5.95. The monoisotopic (exact) mass is 357 g/mol. The first-order valence-corrected chi connectivity index (χ1v) is 7.92. The number of anilines is 1. The highest BCUT2D eigenvalue weighted by Gasteiger charge is 2.20. The molecule has 0 atom stereocenters. The Bertz CT molecular complexity index is 1020. The highest BCUT2D eigenvalue weighted by Crippen LogP contribution is 2.24. The summed E-state index contributed by atoms with van der Waals surface area (Å²) >= 11 is 0. The molecule has 1 amide bonds. The van der Waals surface area contributed by atoms with E-state index in [1.807, 2.05) is 6.92 Å². The van der Waals surface area contributed by atoms with Crippen LogP contribution in [0.2, 0.25) is 0 Å². The largest absolute Gasteiger partial charge is 0.464 e. The molecule has 0 bridgehead atoms. The molecule has 0 spiro atoms. The number of fused-ring (bicyclic) bond motifs is 3. The van der Waals surface area contributed by atoms with Gasteiger partial charge in [-0.2, -0.15) is 0 Å². The number of nitrogens with zero attached hydrogens (tertiary/aromatic N) is 4. The van der Waals surface area contributed by atoms with E-state index >= 15 is 0 Å². The number of aryl methyl sites for hydroxylation is 1. The molecule has 0 aliphatic carbocycles. The number of esters is 1. The third-order valence-electron chi connectivity index (χ3n) is 3.53. The van der Waals surface area contributed by atoms with Gasteiger partial charge in [0.2, 0.25) is 0 Å². The van der Waals surface area contributed by atoms with E-state index in [0.717, 1.165) is 0 Å². The zero-order chi connectivity index (χ0) is 19.1. The minimum atomic E-state index is -0.635. The molecule has 0 unspecified atom stereocenters. The predicted molar refractivity (Wildman–Crippen MR) is 94.2 cm³/mol. The third kappa shape index (κ3) is 3.28. The van der Waals surface area contributed by atoms with Gasteiger partial charge >= 0.3 is 12.1 Å². The number of hydrogen-bond donors (Lipinski definition) is 1. The molecule has 3 rings (SSSR count). The van der Waals surface area contributed by atoms with Gasteiger partial charge in [-0.05, 0) is 33.8 Å². The van der Waals surface area contributed by atoms with E-state index in [1.54, 1.807) is 37.4 Å². The molecule has 26 heavy (non-hydrogen) atoms. The summed E-state index contributed by atoms with van der Waals surface area (Å²) < 4.78 is 11.8. The van der Waals surface area contributed by atoms with Gasteiger partial charge in [0.15, 0.2) is 11.5 Å². The maximum absolute atomic E-state index is 12.1. The topological polar surface area (TPSA) is 108 Å². The zero-order valence-corrected chi connectivity index (χ0v) is 15.2. The van der Waals surface area contributed by atoms with Gasteiger partial charge in [-0.15, -0.1) is 0 Å². The predicted octanol–water partition coefficient (Wildman–Crippen LogP) is 2.72. The number of ether oxygens (including phenoxy) is 2. The van der Waals surface area contributed by atoms with Crippen LogP contribution in [-0.4, -0.2) is 44.1 Å². The molecule has 0 fully saturated rings. The fourth-order valence-electron chi connectivity index (χ4n) is 2.50. The minimum Gasteiger partial charge on any atom is -0.464 e. The fraction of sp³-hybridized carbons (Fsp3) is 0.353. The van der Waals surface area contributed by atoms with Gasteiger partial charge in [-0.3, -0.25) is 9.72 Å². The Hall–Kier alpha value is -3.23. The van der Waals surface area contributed by atoms with Crippen LogP contribution in [0.15, 0.2) is 18.5 Å². The summed E-state index contributed by atoms with van der Waals surface area (Å²) in [5.41, 5.74) is 1.20. The lowest BCUT2D eigenvalue weighted by Gasteiger charge is -2.19. The van der Waals surface area contributed by atoms with E-state index in [1.165, 1.54) is 13.3 Å². The van der Waals surface area contributed by atoms with Crippen LogP contribution in [0.4, 0.5) is 10.6 Å².